The molecule has 2 aromatic heterocycles. The topological polar surface area (TPSA) is 105 Å². The van der Waals surface area contributed by atoms with Crippen molar-refractivity contribution in [1.82, 2.24) is 14.3 Å². The van der Waals surface area contributed by atoms with Crippen molar-refractivity contribution in [3.05, 3.63) is 50.6 Å². The predicted molar refractivity (Wildman–Crippen MR) is 96.2 cm³/mol. The summed E-state index contributed by atoms with van der Waals surface area (Å²) in [6.07, 6.45) is 0. The van der Waals surface area contributed by atoms with Gasteiger partial charge in [-0.15, -0.1) is 0 Å². The van der Waals surface area contributed by atoms with Crippen LogP contribution in [0.3, 0.4) is 0 Å². The molecule has 0 fully saturated rings. The van der Waals surface area contributed by atoms with E-state index in [0.29, 0.717) is 22.7 Å². The lowest BCUT2D eigenvalue weighted by molar-refractivity contribution is -0.384. The van der Waals surface area contributed by atoms with Gasteiger partial charge in [0.25, 0.3) is 11.6 Å². The zero-order valence-corrected chi connectivity index (χ0v) is 15.3. The van der Waals surface area contributed by atoms with Gasteiger partial charge in [0.2, 0.25) is 0 Å². The van der Waals surface area contributed by atoms with Gasteiger partial charge in [0.05, 0.1) is 21.7 Å². The number of fused-ring (bicyclic) bond motifs is 1. The van der Waals surface area contributed by atoms with Crippen molar-refractivity contribution in [2.75, 3.05) is 13.7 Å². The lowest BCUT2D eigenvalue weighted by atomic mass is 10.3. The first-order chi connectivity index (χ1) is 12.4. The fourth-order valence-electron chi connectivity index (χ4n) is 2.47. The number of nitro benzene ring substituents is 1. The maximum absolute atomic E-state index is 12.5. The van der Waals surface area contributed by atoms with Crippen LogP contribution in [-0.2, 0) is 18.3 Å². The Bertz CT molecular complexity index is 1040. The third kappa shape index (κ3) is 3.41. The van der Waals surface area contributed by atoms with Crippen molar-refractivity contribution in [3.8, 4) is 0 Å². The number of ether oxygens (including phenoxy) is 1. The van der Waals surface area contributed by atoms with E-state index in [1.165, 1.54) is 23.5 Å². The maximum Gasteiger partial charge on any atom is 0.300 e. The maximum atomic E-state index is 12.5. The van der Waals surface area contributed by atoms with E-state index in [1.54, 1.807) is 31.0 Å². The first-order valence-corrected chi connectivity index (χ1v) is 8.59. The second-order valence-corrected chi connectivity index (χ2v) is 6.66. The van der Waals surface area contributed by atoms with E-state index in [9.17, 15) is 14.9 Å². The van der Waals surface area contributed by atoms with Crippen molar-refractivity contribution >= 4 is 33.1 Å². The number of methoxy groups -OCH3 is 1. The van der Waals surface area contributed by atoms with Crippen LogP contribution >= 0.6 is 11.3 Å². The van der Waals surface area contributed by atoms with Crippen molar-refractivity contribution < 1.29 is 14.5 Å². The number of aryl methyl sites for hydroxylation is 2. The number of benzene rings is 1. The van der Waals surface area contributed by atoms with Gasteiger partial charge in [0, 0.05) is 38.5 Å². The summed E-state index contributed by atoms with van der Waals surface area (Å²) in [6, 6.07) is 6.25. The van der Waals surface area contributed by atoms with Gasteiger partial charge in [-0.3, -0.25) is 19.6 Å². The third-order valence-corrected chi connectivity index (χ3v) is 4.97. The first kappa shape index (κ1) is 18.0. The van der Waals surface area contributed by atoms with E-state index < -0.39 is 10.8 Å². The van der Waals surface area contributed by atoms with Gasteiger partial charge < -0.3 is 9.30 Å². The highest BCUT2D eigenvalue weighted by molar-refractivity contribution is 7.16. The van der Waals surface area contributed by atoms with E-state index in [-0.39, 0.29) is 11.4 Å². The molecule has 0 unspecified atom stereocenters. The summed E-state index contributed by atoms with van der Waals surface area (Å²) in [5, 5.41) is 15.1. The number of thiazole rings is 1. The second-order valence-electron chi connectivity index (χ2n) is 5.65. The van der Waals surface area contributed by atoms with Gasteiger partial charge in [0.15, 0.2) is 10.5 Å². The van der Waals surface area contributed by atoms with Crippen LogP contribution in [0, 0.1) is 17.0 Å². The number of aromatic nitrogens is 3. The Kier molecular flexibility index (Phi) is 4.96. The highest BCUT2D eigenvalue weighted by Crippen LogP contribution is 2.23. The Morgan fingerprint density at radius 3 is 2.81 bits per heavy atom. The first-order valence-electron chi connectivity index (χ1n) is 7.77. The molecule has 0 saturated carbocycles. The zero-order valence-electron chi connectivity index (χ0n) is 14.5. The van der Waals surface area contributed by atoms with Gasteiger partial charge in [-0.25, -0.2) is 0 Å². The van der Waals surface area contributed by atoms with Crippen LogP contribution in [-0.4, -0.2) is 38.9 Å². The molecule has 0 bridgehead atoms. The summed E-state index contributed by atoms with van der Waals surface area (Å²) in [4.78, 5) is 27.7. The van der Waals surface area contributed by atoms with Crippen LogP contribution in [0.25, 0.3) is 10.2 Å². The van der Waals surface area contributed by atoms with Gasteiger partial charge in [0.1, 0.15) is 0 Å². The number of hydrogen-bond acceptors (Lipinski definition) is 6. The molecule has 0 aliphatic heterocycles. The highest BCUT2D eigenvalue weighted by Gasteiger charge is 2.14. The van der Waals surface area contributed by atoms with Gasteiger partial charge in [-0.2, -0.15) is 10.1 Å². The fraction of sp³-hybridized carbons (Fsp3) is 0.312. The minimum absolute atomic E-state index is 0.00383. The van der Waals surface area contributed by atoms with Crippen molar-refractivity contribution in [3.63, 3.8) is 0 Å². The number of carbonyl (C=O) groups excluding carboxylic acids is 1. The van der Waals surface area contributed by atoms with Gasteiger partial charge >= 0.3 is 0 Å². The SMILES string of the molecule is COCCn1c(=NC(=O)c2cc(C)n(C)n2)sc2cc([N+](=O)[O-])ccc21. The predicted octanol–water partition coefficient (Wildman–Crippen LogP) is 2.04. The molecule has 2 heterocycles. The molecule has 3 aromatic rings. The molecule has 26 heavy (non-hydrogen) atoms. The van der Waals surface area contributed by atoms with Gasteiger partial charge in [-0.1, -0.05) is 11.3 Å². The molecule has 0 aliphatic rings. The molecule has 1 amide bonds. The summed E-state index contributed by atoms with van der Waals surface area (Å²) in [7, 11) is 3.34. The number of carbonyl (C=O) groups is 1. The van der Waals surface area contributed by atoms with Crippen LogP contribution in [0.4, 0.5) is 5.69 Å². The second kappa shape index (κ2) is 7.18. The van der Waals surface area contributed by atoms with Crippen molar-refractivity contribution in [1.29, 1.82) is 0 Å². The van der Waals surface area contributed by atoms with E-state index in [4.69, 9.17) is 4.74 Å². The Labute approximate surface area is 152 Å². The number of rotatable bonds is 5. The molecule has 136 valence electrons. The average Bonchev–Trinajstić information content (AvgIpc) is 3.12. The van der Waals surface area contributed by atoms with Gasteiger partial charge in [-0.05, 0) is 19.1 Å². The van der Waals surface area contributed by atoms with Crippen molar-refractivity contribution in [2.45, 2.75) is 13.5 Å². The smallest absolute Gasteiger partial charge is 0.300 e. The summed E-state index contributed by atoms with van der Waals surface area (Å²) >= 11 is 1.22. The molecule has 0 spiro atoms. The Balaban J connectivity index is 2.12. The van der Waals surface area contributed by atoms with E-state index >= 15 is 0 Å². The summed E-state index contributed by atoms with van der Waals surface area (Å²) < 4.78 is 9.23. The molecular weight excluding hydrogens is 358 g/mol. The van der Waals surface area contributed by atoms with Crippen LogP contribution in [0.1, 0.15) is 16.2 Å². The fourth-order valence-corrected chi connectivity index (χ4v) is 3.56. The lowest BCUT2D eigenvalue weighted by Crippen LogP contribution is -2.19. The van der Waals surface area contributed by atoms with E-state index in [2.05, 4.69) is 10.1 Å². The number of hydrogen-bond donors (Lipinski definition) is 0. The van der Waals surface area contributed by atoms with Crippen LogP contribution in [0.2, 0.25) is 0 Å². The molecule has 0 radical (unpaired) electrons. The minimum Gasteiger partial charge on any atom is -0.383 e. The van der Waals surface area contributed by atoms with E-state index in [1.807, 2.05) is 11.5 Å². The quantitative estimate of drug-likeness (QED) is 0.501. The molecule has 9 nitrogen and oxygen atoms in total. The molecular formula is C16H17N5O4S. The molecule has 0 aliphatic carbocycles. The summed E-state index contributed by atoms with van der Waals surface area (Å²) in [5.41, 5.74) is 1.87. The highest BCUT2D eigenvalue weighted by atomic mass is 32.1. The monoisotopic (exact) mass is 375 g/mol. The Hall–Kier alpha value is -2.85. The van der Waals surface area contributed by atoms with E-state index in [0.717, 1.165) is 11.2 Å². The standard InChI is InChI=1S/C16H17N5O4S/c1-10-8-12(18-19(10)2)15(22)17-16-20(6-7-25-3)13-5-4-11(21(23)24)9-14(13)26-16/h4-5,8-9H,6-7H2,1-3H3. The third-order valence-electron chi connectivity index (χ3n) is 3.93. The number of non-ortho nitro benzene ring substituents is 1. The molecule has 0 N–H and O–H groups in total. The largest absolute Gasteiger partial charge is 0.383 e. The van der Waals surface area contributed by atoms with Crippen molar-refractivity contribution in [2.24, 2.45) is 12.0 Å². The summed E-state index contributed by atoms with van der Waals surface area (Å²) in [5.74, 6) is -0.457. The zero-order chi connectivity index (χ0) is 18.8. The molecule has 1 aromatic carbocycles. The molecule has 10 heteroatoms. The molecule has 0 saturated heterocycles. The molecule has 0 atom stereocenters. The number of amides is 1. The van der Waals surface area contributed by atoms with Crippen LogP contribution in [0.5, 0.6) is 0 Å². The minimum atomic E-state index is -0.457. The Morgan fingerprint density at radius 2 is 2.19 bits per heavy atom. The number of nitrogens with zero attached hydrogens (tertiary/aromatic N) is 5. The normalized spacial score (nSPS) is 12.0. The number of nitro groups is 1. The lowest BCUT2D eigenvalue weighted by Gasteiger charge is -2.03. The summed E-state index contributed by atoms with van der Waals surface area (Å²) in [6.45, 7) is 2.75. The van der Waals surface area contributed by atoms with Crippen LogP contribution in [0.15, 0.2) is 29.3 Å². The molecule has 3 rings (SSSR count). The average molecular weight is 375 g/mol. The van der Waals surface area contributed by atoms with Crippen LogP contribution < -0.4 is 4.80 Å². The Morgan fingerprint density at radius 1 is 1.42 bits per heavy atom.